The van der Waals surface area contributed by atoms with Gasteiger partial charge in [0.05, 0.1) is 6.04 Å². The summed E-state index contributed by atoms with van der Waals surface area (Å²) in [6.07, 6.45) is 1.62. The standard InChI is InChI=1S/C14H14N2O/c17-14-5-6-16-8-12-10(7-13(14)16)9-3-1-2-4-11(9)15-12/h1-4,13,15H,5-8H2. The fraction of sp³-hybridized carbons (Fsp3) is 0.357. The van der Waals surface area contributed by atoms with Gasteiger partial charge in [-0.3, -0.25) is 9.69 Å². The number of aromatic nitrogens is 1. The fourth-order valence-electron chi connectivity index (χ4n) is 3.23. The molecule has 1 aromatic carbocycles. The Kier molecular flexibility index (Phi) is 1.77. The summed E-state index contributed by atoms with van der Waals surface area (Å²) in [7, 11) is 0. The zero-order valence-corrected chi connectivity index (χ0v) is 9.57. The van der Waals surface area contributed by atoms with Gasteiger partial charge in [0.25, 0.3) is 0 Å². The largest absolute Gasteiger partial charge is 0.357 e. The molecule has 3 nitrogen and oxygen atoms in total. The third-order valence-electron chi connectivity index (χ3n) is 4.12. The first-order valence-electron chi connectivity index (χ1n) is 6.18. The lowest BCUT2D eigenvalue weighted by atomic mass is 9.96. The van der Waals surface area contributed by atoms with Gasteiger partial charge in [0.15, 0.2) is 5.78 Å². The summed E-state index contributed by atoms with van der Waals surface area (Å²) >= 11 is 0. The molecule has 0 amide bonds. The number of carbonyl (C=O) groups excluding carboxylic acids is 1. The highest BCUT2D eigenvalue weighted by Crippen LogP contribution is 2.32. The van der Waals surface area contributed by atoms with Gasteiger partial charge < -0.3 is 4.98 Å². The second-order valence-corrected chi connectivity index (χ2v) is 5.03. The number of nitrogens with one attached hydrogen (secondary N) is 1. The molecule has 0 bridgehead atoms. The van der Waals surface area contributed by atoms with E-state index in [4.69, 9.17) is 0 Å². The van der Waals surface area contributed by atoms with Gasteiger partial charge in [-0.05, 0) is 18.1 Å². The van der Waals surface area contributed by atoms with E-state index in [1.165, 1.54) is 22.2 Å². The Hall–Kier alpha value is -1.61. The second-order valence-electron chi connectivity index (χ2n) is 5.03. The van der Waals surface area contributed by atoms with Gasteiger partial charge in [0, 0.05) is 36.1 Å². The number of H-pyrrole nitrogens is 1. The van der Waals surface area contributed by atoms with Crippen LogP contribution in [0.25, 0.3) is 10.9 Å². The van der Waals surface area contributed by atoms with Gasteiger partial charge in [0.1, 0.15) is 0 Å². The van der Waals surface area contributed by atoms with Crippen LogP contribution in [-0.4, -0.2) is 28.3 Å². The molecule has 1 fully saturated rings. The summed E-state index contributed by atoms with van der Waals surface area (Å²) < 4.78 is 0. The molecule has 2 aliphatic heterocycles. The molecule has 4 rings (SSSR count). The first-order valence-corrected chi connectivity index (χ1v) is 6.18. The lowest BCUT2D eigenvalue weighted by molar-refractivity contribution is -0.120. The molecule has 3 heterocycles. The topological polar surface area (TPSA) is 36.1 Å². The summed E-state index contributed by atoms with van der Waals surface area (Å²) in [5.41, 5.74) is 3.86. The Bertz CT molecular complexity index is 614. The van der Waals surface area contributed by atoms with Gasteiger partial charge in [-0.25, -0.2) is 0 Å². The zero-order valence-electron chi connectivity index (χ0n) is 9.57. The van der Waals surface area contributed by atoms with Crippen LogP contribution < -0.4 is 0 Å². The molecule has 2 aromatic rings. The molecule has 0 aliphatic carbocycles. The summed E-state index contributed by atoms with van der Waals surface area (Å²) in [5, 5.41) is 1.29. The van der Waals surface area contributed by atoms with Crippen LogP contribution in [0.2, 0.25) is 0 Å². The number of aromatic amines is 1. The van der Waals surface area contributed by atoms with Crippen LogP contribution >= 0.6 is 0 Å². The van der Waals surface area contributed by atoms with Crippen LogP contribution in [-0.2, 0) is 17.8 Å². The first kappa shape index (κ1) is 9.42. The van der Waals surface area contributed by atoms with E-state index >= 15 is 0 Å². The van der Waals surface area contributed by atoms with E-state index in [1.807, 2.05) is 0 Å². The Morgan fingerprint density at radius 3 is 3.12 bits per heavy atom. The predicted molar refractivity (Wildman–Crippen MR) is 65.8 cm³/mol. The third-order valence-corrected chi connectivity index (χ3v) is 4.12. The number of benzene rings is 1. The van der Waals surface area contributed by atoms with Crippen molar-refractivity contribution in [2.45, 2.75) is 25.4 Å². The number of Topliss-reactive ketones (excluding diaryl/α,β-unsaturated/α-hetero) is 1. The summed E-state index contributed by atoms with van der Waals surface area (Å²) in [6, 6.07) is 8.53. The number of hydrogen-bond acceptors (Lipinski definition) is 2. The van der Waals surface area contributed by atoms with Crippen molar-refractivity contribution in [3.63, 3.8) is 0 Å². The molecule has 1 aromatic heterocycles. The molecule has 86 valence electrons. The third kappa shape index (κ3) is 1.23. The molecular formula is C14H14N2O. The summed E-state index contributed by atoms with van der Waals surface area (Å²) in [4.78, 5) is 17.6. The van der Waals surface area contributed by atoms with Crippen molar-refractivity contribution < 1.29 is 4.79 Å². The molecule has 1 N–H and O–H groups in total. The molecule has 2 aliphatic rings. The molecule has 3 heteroatoms. The maximum atomic E-state index is 11.8. The number of hydrogen-bond donors (Lipinski definition) is 1. The maximum absolute atomic E-state index is 11.8. The molecule has 0 saturated carbocycles. The smallest absolute Gasteiger partial charge is 0.151 e. The number of fused-ring (bicyclic) bond motifs is 4. The number of nitrogens with zero attached hydrogens (tertiary/aromatic N) is 1. The van der Waals surface area contributed by atoms with E-state index in [0.717, 1.165) is 25.9 Å². The van der Waals surface area contributed by atoms with Crippen molar-refractivity contribution >= 4 is 16.7 Å². The van der Waals surface area contributed by atoms with E-state index in [9.17, 15) is 4.79 Å². The second kappa shape index (κ2) is 3.20. The van der Waals surface area contributed by atoms with Crippen molar-refractivity contribution in [3.8, 4) is 0 Å². The fourth-order valence-corrected chi connectivity index (χ4v) is 3.23. The SMILES string of the molecule is O=C1CCN2Cc3[nH]c4ccccc4c3CC12. The van der Waals surface area contributed by atoms with Crippen LogP contribution in [0, 0.1) is 0 Å². The van der Waals surface area contributed by atoms with Gasteiger partial charge in [-0.1, -0.05) is 18.2 Å². The van der Waals surface area contributed by atoms with Crippen molar-refractivity contribution in [3.05, 3.63) is 35.5 Å². The Balaban J connectivity index is 1.88. The van der Waals surface area contributed by atoms with Crippen LogP contribution in [0.5, 0.6) is 0 Å². The number of rotatable bonds is 0. The normalized spacial score (nSPS) is 24.0. The van der Waals surface area contributed by atoms with Crippen LogP contribution in [0.1, 0.15) is 17.7 Å². The van der Waals surface area contributed by atoms with Crippen molar-refractivity contribution in [1.29, 1.82) is 0 Å². The van der Waals surface area contributed by atoms with E-state index in [1.54, 1.807) is 0 Å². The highest BCUT2D eigenvalue weighted by molar-refractivity contribution is 5.90. The number of ketones is 1. The molecule has 1 atom stereocenters. The highest BCUT2D eigenvalue weighted by Gasteiger charge is 2.37. The van der Waals surface area contributed by atoms with E-state index in [2.05, 4.69) is 34.1 Å². The van der Waals surface area contributed by atoms with Crippen molar-refractivity contribution in [1.82, 2.24) is 9.88 Å². The van der Waals surface area contributed by atoms with E-state index in [-0.39, 0.29) is 6.04 Å². The van der Waals surface area contributed by atoms with Gasteiger partial charge in [-0.15, -0.1) is 0 Å². The Labute approximate surface area is 99.4 Å². The summed E-state index contributed by atoms with van der Waals surface area (Å²) in [6.45, 7) is 1.83. The number of carbonyl (C=O) groups is 1. The van der Waals surface area contributed by atoms with Gasteiger partial charge in [-0.2, -0.15) is 0 Å². The lowest BCUT2D eigenvalue weighted by Gasteiger charge is -2.28. The average molecular weight is 226 g/mol. The maximum Gasteiger partial charge on any atom is 0.151 e. The lowest BCUT2D eigenvalue weighted by Crippen LogP contribution is -2.38. The minimum atomic E-state index is 0.140. The zero-order chi connectivity index (χ0) is 11.4. The first-order chi connectivity index (χ1) is 8.33. The Morgan fingerprint density at radius 1 is 1.29 bits per heavy atom. The number of para-hydroxylation sites is 1. The molecule has 0 radical (unpaired) electrons. The van der Waals surface area contributed by atoms with E-state index < -0.39 is 0 Å². The Morgan fingerprint density at radius 2 is 2.18 bits per heavy atom. The monoisotopic (exact) mass is 226 g/mol. The van der Waals surface area contributed by atoms with Crippen LogP contribution in [0.15, 0.2) is 24.3 Å². The van der Waals surface area contributed by atoms with Gasteiger partial charge in [0.2, 0.25) is 0 Å². The molecule has 17 heavy (non-hydrogen) atoms. The quantitative estimate of drug-likeness (QED) is 0.744. The van der Waals surface area contributed by atoms with Crippen molar-refractivity contribution in [2.75, 3.05) is 6.54 Å². The molecule has 1 unspecified atom stereocenters. The minimum absolute atomic E-state index is 0.140. The minimum Gasteiger partial charge on any atom is -0.357 e. The summed E-state index contributed by atoms with van der Waals surface area (Å²) in [5.74, 6) is 0.418. The van der Waals surface area contributed by atoms with Crippen LogP contribution in [0.3, 0.4) is 0 Å². The van der Waals surface area contributed by atoms with Crippen molar-refractivity contribution in [2.24, 2.45) is 0 Å². The average Bonchev–Trinajstić information content (AvgIpc) is 2.88. The predicted octanol–water partition coefficient (Wildman–Crippen LogP) is 1.87. The van der Waals surface area contributed by atoms with E-state index in [0.29, 0.717) is 5.78 Å². The molecular weight excluding hydrogens is 212 g/mol. The highest BCUT2D eigenvalue weighted by atomic mass is 16.1. The molecule has 1 saturated heterocycles. The van der Waals surface area contributed by atoms with Crippen LogP contribution in [0.4, 0.5) is 0 Å². The molecule has 0 spiro atoms. The van der Waals surface area contributed by atoms with Gasteiger partial charge >= 0.3 is 0 Å².